The maximum absolute atomic E-state index is 12.4. The van der Waals surface area contributed by atoms with Gasteiger partial charge in [-0.15, -0.1) is 11.3 Å². The van der Waals surface area contributed by atoms with Crippen molar-refractivity contribution in [2.75, 3.05) is 11.9 Å². The highest BCUT2D eigenvalue weighted by molar-refractivity contribution is 7.12. The van der Waals surface area contributed by atoms with Gasteiger partial charge in [0.2, 0.25) is 0 Å². The number of amides is 2. The van der Waals surface area contributed by atoms with Crippen molar-refractivity contribution in [3.05, 3.63) is 50.7 Å². The van der Waals surface area contributed by atoms with E-state index in [1.165, 1.54) is 11.3 Å². The minimum Gasteiger partial charge on any atom is -0.454 e. The van der Waals surface area contributed by atoms with Crippen LogP contribution in [0.15, 0.2) is 29.6 Å². The second-order valence-corrected chi connectivity index (χ2v) is 8.12. The van der Waals surface area contributed by atoms with E-state index in [9.17, 15) is 14.4 Å². The molecule has 2 aromatic rings. The molecule has 1 heterocycles. The van der Waals surface area contributed by atoms with Crippen LogP contribution in [0.4, 0.5) is 5.69 Å². The van der Waals surface area contributed by atoms with Crippen LogP contribution in [0, 0.1) is 19.8 Å². The molecule has 1 aromatic carbocycles. The summed E-state index contributed by atoms with van der Waals surface area (Å²) in [6, 6.07) is 6.20. The average molecular weight is 423 g/mol. The third-order valence-electron chi connectivity index (χ3n) is 3.99. The standard InChI is InChI=1S/C20H23ClN2O4S/c1-11(2)17(23-19(25)15-6-5-7-28-15)20(26)27-10-16(24)22-18-13(4)8-12(3)9-14(18)21/h5-9,11,17H,10H2,1-4H3,(H,22,24)(H,23,25)/t17-/m0/s1. The molecule has 0 saturated carbocycles. The maximum Gasteiger partial charge on any atom is 0.329 e. The fourth-order valence-corrected chi connectivity index (χ4v) is 3.59. The molecule has 0 aliphatic rings. The Morgan fingerprint density at radius 1 is 1.21 bits per heavy atom. The molecule has 2 rings (SSSR count). The lowest BCUT2D eigenvalue weighted by Gasteiger charge is -2.20. The van der Waals surface area contributed by atoms with Gasteiger partial charge in [0.1, 0.15) is 6.04 Å². The molecule has 6 nitrogen and oxygen atoms in total. The molecular formula is C20H23ClN2O4S. The average Bonchev–Trinajstić information content (AvgIpc) is 3.15. The van der Waals surface area contributed by atoms with Gasteiger partial charge in [-0.1, -0.05) is 37.6 Å². The summed E-state index contributed by atoms with van der Waals surface area (Å²) >= 11 is 7.45. The Labute approximate surface area is 173 Å². The van der Waals surface area contributed by atoms with Crippen LogP contribution in [0.3, 0.4) is 0 Å². The van der Waals surface area contributed by atoms with Gasteiger partial charge >= 0.3 is 5.97 Å². The molecule has 0 fully saturated rings. The molecule has 2 amide bonds. The quantitative estimate of drug-likeness (QED) is 0.661. The van der Waals surface area contributed by atoms with Crippen molar-refractivity contribution >= 4 is 46.4 Å². The van der Waals surface area contributed by atoms with Crippen molar-refractivity contribution in [3.8, 4) is 0 Å². The Hall–Kier alpha value is -2.38. The Morgan fingerprint density at radius 3 is 2.50 bits per heavy atom. The second kappa shape index (κ2) is 9.71. The van der Waals surface area contributed by atoms with Gasteiger partial charge in [-0.2, -0.15) is 0 Å². The molecule has 1 atom stereocenters. The first-order valence-corrected chi connectivity index (χ1v) is 10.0. The van der Waals surface area contributed by atoms with E-state index in [-0.39, 0.29) is 11.8 Å². The number of hydrogen-bond donors (Lipinski definition) is 2. The van der Waals surface area contributed by atoms with Gasteiger partial charge in [0.25, 0.3) is 11.8 Å². The third kappa shape index (κ3) is 5.81. The zero-order valence-electron chi connectivity index (χ0n) is 16.2. The van der Waals surface area contributed by atoms with Crippen LogP contribution in [0.1, 0.15) is 34.6 Å². The molecule has 0 aliphatic carbocycles. The largest absolute Gasteiger partial charge is 0.454 e. The van der Waals surface area contributed by atoms with Gasteiger partial charge in [-0.05, 0) is 48.4 Å². The monoisotopic (exact) mass is 422 g/mol. The molecule has 0 spiro atoms. The highest BCUT2D eigenvalue weighted by Gasteiger charge is 2.27. The number of benzene rings is 1. The highest BCUT2D eigenvalue weighted by atomic mass is 35.5. The van der Waals surface area contributed by atoms with Crippen molar-refractivity contribution in [1.29, 1.82) is 0 Å². The minimum absolute atomic E-state index is 0.201. The van der Waals surface area contributed by atoms with Crippen LogP contribution < -0.4 is 10.6 Å². The summed E-state index contributed by atoms with van der Waals surface area (Å²) in [5.74, 6) is -1.72. The fraction of sp³-hybridized carbons (Fsp3) is 0.350. The van der Waals surface area contributed by atoms with Gasteiger partial charge in [0.05, 0.1) is 15.6 Å². The number of carbonyl (C=O) groups is 3. The summed E-state index contributed by atoms with van der Waals surface area (Å²) < 4.78 is 5.12. The molecule has 2 N–H and O–H groups in total. The lowest BCUT2D eigenvalue weighted by Crippen LogP contribution is -2.45. The number of carbonyl (C=O) groups excluding carboxylic acids is 3. The van der Waals surface area contributed by atoms with Gasteiger partial charge in [0, 0.05) is 0 Å². The summed E-state index contributed by atoms with van der Waals surface area (Å²) in [5.41, 5.74) is 2.28. The van der Waals surface area contributed by atoms with E-state index >= 15 is 0 Å². The van der Waals surface area contributed by atoms with Gasteiger partial charge in [0.15, 0.2) is 6.61 Å². The Bertz CT molecular complexity index is 842. The van der Waals surface area contributed by atoms with Crippen molar-refractivity contribution < 1.29 is 19.1 Å². The first kappa shape index (κ1) is 21.9. The summed E-state index contributed by atoms with van der Waals surface area (Å²) in [6.07, 6.45) is 0. The first-order valence-electron chi connectivity index (χ1n) is 8.76. The van der Waals surface area contributed by atoms with Crippen LogP contribution in [-0.4, -0.2) is 30.4 Å². The molecule has 0 saturated heterocycles. The fourth-order valence-electron chi connectivity index (χ4n) is 2.59. The predicted octanol–water partition coefficient (Wildman–Crippen LogP) is 3.95. The number of rotatable bonds is 7. The summed E-state index contributed by atoms with van der Waals surface area (Å²) in [4.78, 5) is 37.3. The number of esters is 1. The van der Waals surface area contributed by atoms with Crippen LogP contribution in [0.25, 0.3) is 0 Å². The van der Waals surface area contributed by atoms with Crippen molar-refractivity contribution in [3.63, 3.8) is 0 Å². The van der Waals surface area contributed by atoms with E-state index in [1.807, 2.05) is 19.9 Å². The number of aryl methyl sites for hydroxylation is 2. The molecule has 8 heteroatoms. The molecular weight excluding hydrogens is 400 g/mol. The molecule has 28 heavy (non-hydrogen) atoms. The van der Waals surface area contributed by atoms with Crippen molar-refractivity contribution in [2.45, 2.75) is 33.7 Å². The second-order valence-electron chi connectivity index (χ2n) is 6.77. The van der Waals surface area contributed by atoms with E-state index in [0.717, 1.165) is 11.1 Å². The SMILES string of the molecule is Cc1cc(C)c(NC(=O)COC(=O)[C@@H](NC(=O)c2cccs2)C(C)C)c(Cl)c1. The molecule has 0 unspecified atom stereocenters. The Morgan fingerprint density at radius 2 is 1.93 bits per heavy atom. The molecule has 0 bridgehead atoms. The van der Waals surface area contributed by atoms with Crippen LogP contribution in [0.2, 0.25) is 5.02 Å². The van der Waals surface area contributed by atoms with E-state index in [2.05, 4.69) is 10.6 Å². The number of anilines is 1. The lowest BCUT2D eigenvalue weighted by atomic mass is 10.0. The number of halogens is 1. The zero-order chi connectivity index (χ0) is 20.8. The van der Waals surface area contributed by atoms with Gasteiger partial charge in [-0.3, -0.25) is 9.59 Å². The minimum atomic E-state index is -0.855. The van der Waals surface area contributed by atoms with E-state index < -0.39 is 24.5 Å². The number of ether oxygens (including phenoxy) is 1. The van der Waals surface area contributed by atoms with Crippen LogP contribution in [0.5, 0.6) is 0 Å². The van der Waals surface area contributed by atoms with E-state index in [1.54, 1.807) is 37.4 Å². The molecule has 0 radical (unpaired) electrons. The highest BCUT2D eigenvalue weighted by Crippen LogP contribution is 2.27. The summed E-state index contributed by atoms with van der Waals surface area (Å²) in [7, 11) is 0. The first-order chi connectivity index (χ1) is 13.2. The Balaban J connectivity index is 1.95. The summed E-state index contributed by atoms with van der Waals surface area (Å²) in [5, 5.41) is 7.51. The van der Waals surface area contributed by atoms with Gasteiger partial charge in [-0.25, -0.2) is 4.79 Å². The lowest BCUT2D eigenvalue weighted by molar-refractivity contribution is -0.150. The smallest absolute Gasteiger partial charge is 0.329 e. The predicted molar refractivity (Wildman–Crippen MR) is 111 cm³/mol. The van der Waals surface area contributed by atoms with Gasteiger partial charge < -0.3 is 15.4 Å². The van der Waals surface area contributed by atoms with E-state index in [4.69, 9.17) is 16.3 Å². The normalized spacial score (nSPS) is 11.8. The third-order valence-corrected chi connectivity index (χ3v) is 5.16. The maximum atomic E-state index is 12.4. The zero-order valence-corrected chi connectivity index (χ0v) is 17.7. The van der Waals surface area contributed by atoms with Crippen LogP contribution >= 0.6 is 22.9 Å². The molecule has 1 aromatic heterocycles. The number of thiophene rings is 1. The van der Waals surface area contributed by atoms with E-state index in [0.29, 0.717) is 15.6 Å². The molecule has 150 valence electrons. The Kier molecular flexibility index (Phi) is 7.60. The van der Waals surface area contributed by atoms with Crippen molar-refractivity contribution in [2.24, 2.45) is 5.92 Å². The number of hydrogen-bond acceptors (Lipinski definition) is 5. The number of nitrogens with one attached hydrogen (secondary N) is 2. The van der Waals surface area contributed by atoms with Crippen molar-refractivity contribution in [1.82, 2.24) is 5.32 Å². The van der Waals surface area contributed by atoms with Crippen LogP contribution in [-0.2, 0) is 14.3 Å². The summed E-state index contributed by atoms with van der Waals surface area (Å²) in [6.45, 7) is 6.84. The topological polar surface area (TPSA) is 84.5 Å². The molecule has 0 aliphatic heterocycles.